The standard InChI is InChI=1S/C32H30N2O7S/c1-6-39-26-16-22(12-14-25(26)38-5)29-28(31(37)40-7-2)18(3)33-32-34(29)30(36)27(42-32)17-23-13-15-24(41-23)21-10-8-20(9-11-21)19(4)35/h8-17,29H,6-7H2,1-5H3/b27-17-/t29-/m1/s1. The molecule has 216 valence electrons. The molecule has 9 nitrogen and oxygen atoms in total. The summed E-state index contributed by atoms with van der Waals surface area (Å²) in [7, 11) is 1.55. The van der Waals surface area contributed by atoms with Crippen molar-refractivity contribution in [1.29, 1.82) is 0 Å². The summed E-state index contributed by atoms with van der Waals surface area (Å²) in [6, 6.07) is 15.3. The number of furan rings is 1. The van der Waals surface area contributed by atoms with Crippen molar-refractivity contribution < 1.29 is 28.2 Å². The summed E-state index contributed by atoms with van der Waals surface area (Å²) in [6.45, 7) is 7.44. The molecule has 2 aromatic carbocycles. The molecule has 0 saturated heterocycles. The number of thiazole rings is 1. The Bertz CT molecular complexity index is 1880. The Morgan fingerprint density at radius 2 is 1.81 bits per heavy atom. The molecule has 0 aliphatic carbocycles. The van der Waals surface area contributed by atoms with Crippen LogP contribution in [0.3, 0.4) is 0 Å². The Kier molecular flexibility index (Phi) is 8.26. The molecule has 0 N–H and O–H groups in total. The highest BCUT2D eigenvalue weighted by atomic mass is 32.1. The summed E-state index contributed by atoms with van der Waals surface area (Å²) in [5.41, 5.74) is 2.49. The maximum absolute atomic E-state index is 13.9. The van der Waals surface area contributed by atoms with E-state index in [9.17, 15) is 14.4 Å². The molecule has 0 radical (unpaired) electrons. The second-order valence-corrected chi connectivity index (χ2v) is 10.5. The van der Waals surface area contributed by atoms with Crippen LogP contribution in [0.4, 0.5) is 0 Å². The fourth-order valence-electron chi connectivity index (χ4n) is 4.82. The predicted octanol–water partition coefficient (Wildman–Crippen LogP) is 4.67. The number of esters is 1. The molecule has 0 amide bonds. The monoisotopic (exact) mass is 586 g/mol. The first kappa shape index (κ1) is 28.8. The van der Waals surface area contributed by atoms with Crippen LogP contribution in [0.5, 0.6) is 11.5 Å². The van der Waals surface area contributed by atoms with Gasteiger partial charge in [0.25, 0.3) is 5.56 Å². The number of hydrogen-bond donors (Lipinski definition) is 0. The predicted molar refractivity (Wildman–Crippen MR) is 159 cm³/mol. The van der Waals surface area contributed by atoms with E-state index < -0.39 is 12.0 Å². The van der Waals surface area contributed by atoms with Crippen LogP contribution in [0.1, 0.15) is 55.4 Å². The number of hydrogen-bond acceptors (Lipinski definition) is 9. The number of benzene rings is 2. The molecule has 0 saturated carbocycles. The Hall–Kier alpha value is -4.70. The summed E-state index contributed by atoms with van der Waals surface area (Å²) in [5.74, 6) is 1.56. The summed E-state index contributed by atoms with van der Waals surface area (Å²) in [5, 5.41) is 0. The van der Waals surface area contributed by atoms with Crippen LogP contribution in [0.25, 0.3) is 17.4 Å². The minimum atomic E-state index is -0.792. The Balaban J connectivity index is 1.62. The van der Waals surface area contributed by atoms with Crippen LogP contribution in [0, 0.1) is 0 Å². The molecule has 42 heavy (non-hydrogen) atoms. The Morgan fingerprint density at radius 1 is 1.05 bits per heavy atom. The summed E-state index contributed by atoms with van der Waals surface area (Å²) < 4.78 is 24.5. The minimum absolute atomic E-state index is 0.0135. The third-order valence-electron chi connectivity index (χ3n) is 6.80. The lowest BCUT2D eigenvalue weighted by molar-refractivity contribution is -0.139. The zero-order valence-electron chi connectivity index (χ0n) is 23.9. The molecule has 10 heteroatoms. The average molecular weight is 587 g/mol. The maximum Gasteiger partial charge on any atom is 0.338 e. The van der Waals surface area contributed by atoms with E-state index in [1.165, 1.54) is 22.8 Å². The molecule has 5 rings (SSSR count). The van der Waals surface area contributed by atoms with E-state index in [0.717, 1.165) is 5.56 Å². The zero-order valence-corrected chi connectivity index (χ0v) is 24.7. The highest BCUT2D eigenvalue weighted by molar-refractivity contribution is 7.07. The molecule has 3 heterocycles. The van der Waals surface area contributed by atoms with Gasteiger partial charge < -0.3 is 18.6 Å². The van der Waals surface area contributed by atoms with E-state index in [2.05, 4.69) is 4.99 Å². The highest BCUT2D eigenvalue weighted by Crippen LogP contribution is 2.36. The Labute approximate surface area is 246 Å². The van der Waals surface area contributed by atoms with E-state index >= 15 is 0 Å². The van der Waals surface area contributed by atoms with Crippen molar-refractivity contribution in [1.82, 2.24) is 4.57 Å². The van der Waals surface area contributed by atoms with E-state index in [0.29, 0.717) is 55.8 Å². The van der Waals surface area contributed by atoms with Crippen molar-refractivity contribution >= 4 is 29.2 Å². The number of carbonyl (C=O) groups excluding carboxylic acids is 2. The molecule has 1 aliphatic heterocycles. The van der Waals surface area contributed by atoms with Gasteiger partial charge in [-0.05, 0) is 57.5 Å². The molecule has 0 bridgehead atoms. The molecular weight excluding hydrogens is 556 g/mol. The second-order valence-electron chi connectivity index (χ2n) is 9.48. The molecule has 0 spiro atoms. The first-order valence-electron chi connectivity index (χ1n) is 13.5. The first-order valence-corrected chi connectivity index (χ1v) is 14.3. The quantitative estimate of drug-likeness (QED) is 0.207. The van der Waals surface area contributed by atoms with Crippen LogP contribution in [-0.4, -0.2) is 36.6 Å². The summed E-state index contributed by atoms with van der Waals surface area (Å²) in [6.07, 6.45) is 1.66. The molecule has 1 aliphatic rings. The number of methoxy groups -OCH3 is 1. The van der Waals surface area contributed by atoms with Gasteiger partial charge in [0.2, 0.25) is 0 Å². The van der Waals surface area contributed by atoms with Gasteiger partial charge in [-0.3, -0.25) is 14.2 Å². The van der Waals surface area contributed by atoms with Gasteiger partial charge in [-0.15, -0.1) is 0 Å². The maximum atomic E-state index is 13.9. The minimum Gasteiger partial charge on any atom is -0.493 e. The van der Waals surface area contributed by atoms with Crippen LogP contribution in [0.15, 0.2) is 80.1 Å². The topological polar surface area (TPSA) is 109 Å². The molecular formula is C32H30N2O7S. The molecule has 4 aromatic rings. The first-order chi connectivity index (χ1) is 20.2. The smallest absolute Gasteiger partial charge is 0.338 e. The van der Waals surface area contributed by atoms with Crippen LogP contribution in [0.2, 0.25) is 0 Å². The van der Waals surface area contributed by atoms with Gasteiger partial charge in [0.15, 0.2) is 22.1 Å². The number of Topliss-reactive ketones (excluding diaryl/α,β-unsaturated/α-hetero) is 1. The van der Waals surface area contributed by atoms with E-state index in [1.807, 2.05) is 25.1 Å². The van der Waals surface area contributed by atoms with Gasteiger partial charge in [-0.2, -0.15) is 0 Å². The van der Waals surface area contributed by atoms with Crippen molar-refractivity contribution in [2.45, 2.75) is 33.7 Å². The fraction of sp³-hybridized carbons (Fsp3) is 0.250. The van der Waals surface area contributed by atoms with Gasteiger partial charge in [-0.1, -0.05) is 41.7 Å². The number of nitrogens with zero attached hydrogens (tertiary/aromatic N) is 2. The van der Waals surface area contributed by atoms with Crippen LogP contribution in [-0.2, 0) is 9.53 Å². The van der Waals surface area contributed by atoms with Crippen LogP contribution >= 0.6 is 11.3 Å². The summed E-state index contributed by atoms with van der Waals surface area (Å²) >= 11 is 1.21. The van der Waals surface area contributed by atoms with E-state index in [4.69, 9.17) is 18.6 Å². The molecule has 1 atom stereocenters. The van der Waals surface area contributed by atoms with Gasteiger partial charge in [0, 0.05) is 17.2 Å². The number of fused-ring (bicyclic) bond motifs is 1. The Morgan fingerprint density at radius 3 is 2.48 bits per heavy atom. The van der Waals surface area contributed by atoms with Gasteiger partial charge in [0.05, 0.1) is 42.2 Å². The summed E-state index contributed by atoms with van der Waals surface area (Å²) in [4.78, 5) is 43.8. The molecule has 2 aromatic heterocycles. The van der Waals surface area contributed by atoms with E-state index in [1.54, 1.807) is 63.4 Å². The average Bonchev–Trinajstić information content (AvgIpc) is 3.56. The van der Waals surface area contributed by atoms with Crippen molar-refractivity contribution in [3.8, 4) is 22.8 Å². The lowest BCUT2D eigenvalue weighted by atomic mass is 9.95. The number of ether oxygens (including phenoxy) is 3. The third kappa shape index (κ3) is 5.45. The number of carbonyl (C=O) groups is 2. The zero-order chi connectivity index (χ0) is 30.0. The number of aromatic nitrogens is 1. The molecule has 0 unspecified atom stereocenters. The lowest BCUT2D eigenvalue weighted by Crippen LogP contribution is -2.39. The van der Waals surface area contributed by atoms with Gasteiger partial charge >= 0.3 is 5.97 Å². The van der Waals surface area contributed by atoms with Crippen LogP contribution < -0.4 is 24.4 Å². The number of allylic oxidation sites excluding steroid dienone is 1. The fourth-order valence-corrected chi connectivity index (χ4v) is 5.85. The number of ketones is 1. The van der Waals surface area contributed by atoms with Crippen molar-refractivity contribution in [2.24, 2.45) is 4.99 Å². The third-order valence-corrected chi connectivity index (χ3v) is 7.78. The van der Waals surface area contributed by atoms with Crippen molar-refractivity contribution in [2.75, 3.05) is 20.3 Å². The SMILES string of the molecule is CCOC(=O)C1=C(C)N=c2s/c(=C\c3ccc(-c4ccc(C(C)=O)cc4)o3)c(=O)n2[C@@H]1c1ccc(OC)c(OCC)c1. The second kappa shape index (κ2) is 12.0. The lowest BCUT2D eigenvalue weighted by Gasteiger charge is -2.25. The highest BCUT2D eigenvalue weighted by Gasteiger charge is 2.34. The van der Waals surface area contributed by atoms with Crippen molar-refractivity contribution in [3.63, 3.8) is 0 Å². The normalized spacial score (nSPS) is 14.8. The molecule has 0 fully saturated rings. The largest absolute Gasteiger partial charge is 0.493 e. The van der Waals surface area contributed by atoms with Crippen molar-refractivity contribution in [3.05, 3.63) is 102 Å². The number of rotatable bonds is 9. The van der Waals surface area contributed by atoms with E-state index in [-0.39, 0.29) is 23.5 Å². The van der Waals surface area contributed by atoms with Gasteiger partial charge in [0.1, 0.15) is 11.5 Å². The van der Waals surface area contributed by atoms with Gasteiger partial charge in [-0.25, -0.2) is 9.79 Å².